The number of halogens is 4. The van der Waals surface area contributed by atoms with Crippen LogP contribution in [0, 0.1) is 0 Å². The summed E-state index contributed by atoms with van der Waals surface area (Å²) in [6.45, 7) is 1.41. The number of hydrogen-bond donors (Lipinski definition) is 1. The van der Waals surface area contributed by atoms with Crippen LogP contribution in [0.25, 0.3) is 33.9 Å². The minimum absolute atomic E-state index is 0.162. The van der Waals surface area contributed by atoms with Crippen molar-refractivity contribution >= 4 is 64.6 Å². The largest absolute Gasteiger partial charge is 0.507 e. The molecule has 5 aromatic heterocycles. The minimum atomic E-state index is 0.162. The molecule has 5 heterocycles. The fourth-order valence-electron chi connectivity index (χ4n) is 8.21. The van der Waals surface area contributed by atoms with E-state index in [1.54, 1.807) is 105 Å². The summed E-state index contributed by atoms with van der Waals surface area (Å²) in [5.74, 6) is 2.21. The van der Waals surface area contributed by atoms with Crippen LogP contribution in [0.1, 0.15) is 32.6 Å². The van der Waals surface area contributed by atoms with Gasteiger partial charge >= 0.3 is 0 Å². The third kappa shape index (κ3) is 17.6. The van der Waals surface area contributed by atoms with E-state index < -0.39 is 0 Å². The van der Waals surface area contributed by atoms with E-state index in [0.29, 0.717) is 56.8 Å². The van der Waals surface area contributed by atoms with Crippen LogP contribution in [0.15, 0.2) is 267 Å². The van der Waals surface area contributed by atoms with E-state index in [1.165, 1.54) is 0 Å². The quantitative estimate of drug-likeness (QED) is 0.0731. The van der Waals surface area contributed by atoms with Gasteiger partial charge in [0.2, 0.25) is 0 Å². The van der Waals surface area contributed by atoms with Gasteiger partial charge in [0, 0.05) is 61.6 Å². The second kappa shape index (κ2) is 31.0. The molecule has 1 N–H and O–H groups in total. The van der Waals surface area contributed by atoms with Crippen molar-refractivity contribution in [3.63, 3.8) is 0 Å². The molecule has 0 spiro atoms. The molecule has 13 nitrogen and oxygen atoms in total. The number of pyridine rings is 3. The summed E-state index contributed by atoms with van der Waals surface area (Å²) < 4.78 is 21.4. The molecular weight excluding hydrogens is 1150 g/mol. The number of ether oxygens (including phenoxy) is 3. The van der Waals surface area contributed by atoms with E-state index in [0.717, 1.165) is 74.1 Å². The third-order valence-electron chi connectivity index (χ3n) is 12.4. The van der Waals surface area contributed by atoms with E-state index in [9.17, 15) is 9.90 Å². The third-order valence-corrected chi connectivity index (χ3v) is 13.3. The van der Waals surface area contributed by atoms with Gasteiger partial charge in [-0.25, -0.2) is 9.97 Å². The van der Waals surface area contributed by atoms with Crippen molar-refractivity contribution < 1.29 is 24.1 Å². The van der Waals surface area contributed by atoms with Crippen LogP contribution in [-0.2, 0) is 19.8 Å². The SMILES string of the molecule is Clc1ccc(OCc2ccccc2)c(-c2cncn2-c2cccnc2)c1.Clc1ccc(OCc2ccccc2)c(C=Nc2cccnc2)c1.O=Cc1cc(Cl)ccc1OCc1ccccc1.Oc1ccc(Cl)cc1-c1cncn1-c1cccnc1. The molecule has 0 bridgehead atoms. The predicted octanol–water partition coefficient (Wildman–Crippen LogP) is 17.3. The predicted molar refractivity (Wildman–Crippen MR) is 337 cm³/mol. The average Bonchev–Trinajstić information content (AvgIpc) is 4.46. The molecule has 0 unspecified atom stereocenters. The van der Waals surface area contributed by atoms with E-state index >= 15 is 0 Å². The van der Waals surface area contributed by atoms with Gasteiger partial charge in [-0.2, -0.15) is 0 Å². The first kappa shape index (κ1) is 59.7. The molecule has 0 fully saturated rings. The molecule has 12 rings (SSSR count). The number of imidazole rings is 2. The molecule has 422 valence electrons. The van der Waals surface area contributed by atoms with Gasteiger partial charge in [0.1, 0.15) is 42.8 Å². The number of aromatic nitrogens is 7. The minimum Gasteiger partial charge on any atom is -0.507 e. The van der Waals surface area contributed by atoms with Gasteiger partial charge in [0.05, 0.1) is 77.7 Å². The second-order valence-corrected chi connectivity index (χ2v) is 20.0. The zero-order valence-electron chi connectivity index (χ0n) is 45.3. The number of aliphatic imine (C=N–C) groups is 1. The number of hydrogen-bond acceptors (Lipinski definition) is 11. The lowest BCUT2D eigenvalue weighted by atomic mass is 10.1. The van der Waals surface area contributed by atoms with Gasteiger partial charge in [0.25, 0.3) is 0 Å². The zero-order chi connectivity index (χ0) is 59.0. The van der Waals surface area contributed by atoms with Crippen molar-refractivity contribution in [1.82, 2.24) is 34.1 Å². The van der Waals surface area contributed by atoms with Crippen molar-refractivity contribution in [1.29, 1.82) is 0 Å². The Bertz CT molecular complexity index is 4050. The molecular formula is C68H52Cl4N8O5. The Labute approximate surface area is 511 Å². The van der Waals surface area contributed by atoms with E-state index in [-0.39, 0.29) is 5.75 Å². The highest BCUT2D eigenvalue weighted by atomic mass is 35.5. The van der Waals surface area contributed by atoms with Crippen molar-refractivity contribution in [3.05, 3.63) is 310 Å². The van der Waals surface area contributed by atoms with Crippen LogP contribution >= 0.6 is 46.4 Å². The Morgan fingerprint density at radius 2 is 0.847 bits per heavy atom. The summed E-state index contributed by atoms with van der Waals surface area (Å²) in [5, 5.41) is 12.3. The molecule has 0 saturated heterocycles. The molecule has 0 aliphatic heterocycles. The number of carbonyl (C=O) groups is 1. The first-order valence-electron chi connectivity index (χ1n) is 26.3. The van der Waals surface area contributed by atoms with E-state index in [2.05, 4.69) is 29.9 Å². The number of phenols is 1. The Hall–Kier alpha value is -9.89. The normalized spacial score (nSPS) is 10.5. The second-order valence-electron chi connectivity index (χ2n) is 18.3. The Kier molecular flexibility index (Phi) is 21.8. The Balaban J connectivity index is 0.000000137. The van der Waals surface area contributed by atoms with Gasteiger partial charge in [-0.15, -0.1) is 0 Å². The smallest absolute Gasteiger partial charge is 0.153 e. The van der Waals surface area contributed by atoms with Crippen LogP contribution < -0.4 is 14.2 Å². The maximum Gasteiger partial charge on any atom is 0.153 e. The number of aromatic hydroxyl groups is 1. The summed E-state index contributed by atoms with van der Waals surface area (Å²) in [4.78, 5) is 36.0. The van der Waals surface area contributed by atoms with Gasteiger partial charge in [-0.05, 0) is 126 Å². The summed E-state index contributed by atoms with van der Waals surface area (Å²) >= 11 is 24.1. The molecule has 85 heavy (non-hydrogen) atoms. The van der Waals surface area contributed by atoms with Crippen molar-refractivity contribution in [3.8, 4) is 56.9 Å². The molecule has 0 atom stereocenters. The molecule has 0 aliphatic carbocycles. The summed E-state index contributed by atoms with van der Waals surface area (Å²) in [5.41, 5.74) is 10.3. The number of carbonyl (C=O) groups excluding carboxylic acids is 1. The topological polar surface area (TPSA) is 152 Å². The van der Waals surface area contributed by atoms with Crippen molar-refractivity contribution in [2.24, 2.45) is 4.99 Å². The Morgan fingerprint density at radius 1 is 0.424 bits per heavy atom. The monoisotopic (exact) mass is 1200 g/mol. The van der Waals surface area contributed by atoms with Gasteiger partial charge < -0.3 is 19.3 Å². The maximum absolute atomic E-state index is 10.9. The highest BCUT2D eigenvalue weighted by molar-refractivity contribution is 6.32. The van der Waals surface area contributed by atoms with E-state index in [4.69, 9.17) is 60.6 Å². The van der Waals surface area contributed by atoms with Crippen LogP contribution in [0.4, 0.5) is 5.69 Å². The number of benzene rings is 7. The summed E-state index contributed by atoms with van der Waals surface area (Å²) in [6, 6.07) is 62.3. The molecule has 0 amide bonds. The van der Waals surface area contributed by atoms with Gasteiger partial charge in [0.15, 0.2) is 6.29 Å². The van der Waals surface area contributed by atoms with Crippen molar-refractivity contribution in [2.45, 2.75) is 19.8 Å². The number of rotatable bonds is 16. The zero-order valence-corrected chi connectivity index (χ0v) is 48.3. The lowest BCUT2D eigenvalue weighted by molar-refractivity contribution is 0.111. The van der Waals surface area contributed by atoms with Crippen molar-refractivity contribution in [2.75, 3.05) is 0 Å². The fraction of sp³-hybridized carbons (Fsp3) is 0.0441. The lowest BCUT2D eigenvalue weighted by Gasteiger charge is -2.14. The highest BCUT2D eigenvalue weighted by Gasteiger charge is 2.15. The highest BCUT2D eigenvalue weighted by Crippen LogP contribution is 2.35. The Morgan fingerprint density at radius 3 is 1.33 bits per heavy atom. The average molecular weight is 1200 g/mol. The molecule has 7 aromatic carbocycles. The molecule has 12 aromatic rings. The first-order valence-corrected chi connectivity index (χ1v) is 27.8. The van der Waals surface area contributed by atoms with Crippen LogP contribution in [0.5, 0.6) is 23.0 Å². The number of nitrogens with zero attached hydrogens (tertiary/aromatic N) is 8. The first-order chi connectivity index (χ1) is 41.7. The molecule has 0 aliphatic rings. The summed E-state index contributed by atoms with van der Waals surface area (Å²) in [7, 11) is 0. The fourth-order valence-corrected chi connectivity index (χ4v) is 8.91. The maximum atomic E-state index is 10.9. The number of phenolic OH excluding ortho intramolecular Hbond substituents is 1. The van der Waals surface area contributed by atoms with Crippen LogP contribution in [-0.4, -0.2) is 51.7 Å². The number of aldehydes is 1. The molecule has 0 saturated carbocycles. The van der Waals surface area contributed by atoms with Gasteiger partial charge in [-0.1, -0.05) is 137 Å². The van der Waals surface area contributed by atoms with Crippen LogP contribution in [0.3, 0.4) is 0 Å². The lowest BCUT2D eigenvalue weighted by Crippen LogP contribution is -2.00. The van der Waals surface area contributed by atoms with Crippen LogP contribution in [0.2, 0.25) is 20.1 Å². The summed E-state index contributed by atoms with van der Waals surface area (Å²) in [6.07, 6.45) is 19.8. The van der Waals surface area contributed by atoms with E-state index in [1.807, 2.05) is 173 Å². The molecule has 17 heteroatoms. The van der Waals surface area contributed by atoms with Gasteiger partial charge in [-0.3, -0.25) is 33.9 Å². The molecule has 0 radical (unpaired) electrons. The standard InChI is InChI=1S/C21H16ClN3O.C19H15ClN2O.C14H10ClN3O.C14H11ClO2/c22-17-8-9-21(26-14-16-5-2-1-3-6-16)19(11-17)20-13-24-15-25(20)18-7-4-10-23-12-18;20-17-8-9-19(23-14-15-5-2-1-3-6-15)16(11-17)12-22-18-7-4-10-21-13-18;15-10-3-4-14(19)12(6-10)13-8-17-9-18(13)11-2-1-5-16-7-11;15-13-6-7-14(12(8-13)9-16)17-10-11-4-2-1-3-5-11/h1-13,15H,14H2;1-13H,14H2;1-9,19H;1-9H,10H2.